The van der Waals surface area contributed by atoms with Gasteiger partial charge >= 0.3 is 18.3 Å². The molecule has 8 nitrogen and oxygen atoms in total. The van der Waals surface area contributed by atoms with E-state index in [1.165, 1.54) is 17.7 Å². The molecule has 0 saturated carbocycles. The minimum absolute atomic E-state index is 0.195. The smallest absolute Gasteiger partial charge is 0.381 e. The third kappa shape index (κ3) is 8.50. The first-order valence-electron chi connectivity index (χ1n) is 13.0. The van der Waals surface area contributed by atoms with Gasteiger partial charge in [-0.1, -0.05) is 17.8 Å². The molecule has 41 heavy (non-hydrogen) atoms. The van der Waals surface area contributed by atoms with Crippen LogP contribution in [0.15, 0.2) is 12.3 Å². The van der Waals surface area contributed by atoms with Crippen molar-refractivity contribution in [1.82, 2.24) is 20.4 Å². The molecule has 2 N–H and O–H groups in total. The number of amides is 2. The van der Waals surface area contributed by atoms with Gasteiger partial charge in [-0.2, -0.15) is 31.9 Å². The summed E-state index contributed by atoms with van der Waals surface area (Å²) in [6.07, 6.45) is -3.84. The molecule has 228 valence electrons. The van der Waals surface area contributed by atoms with Gasteiger partial charge in [-0.05, 0) is 45.1 Å². The zero-order valence-corrected chi connectivity index (χ0v) is 23.1. The highest BCUT2D eigenvalue weighted by Crippen LogP contribution is 2.42. The molecule has 2 unspecified atom stereocenters. The number of halogens is 7. The molecule has 2 aliphatic rings. The van der Waals surface area contributed by atoms with E-state index in [2.05, 4.69) is 9.97 Å². The van der Waals surface area contributed by atoms with Gasteiger partial charge < -0.3 is 15.0 Å². The predicted molar refractivity (Wildman–Crippen MR) is 137 cm³/mol. The maximum atomic E-state index is 13.9. The SMILES string of the molecule is C1CCOC1.CCCC1CCC(C)N1C(=O)c1nc(C(=O)NF)sc1-c1cnc(NCC(F)(F)F)cc1C(F)(F)F. The van der Waals surface area contributed by atoms with E-state index < -0.39 is 63.2 Å². The van der Waals surface area contributed by atoms with Gasteiger partial charge in [0.05, 0.1) is 10.4 Å². The number of alkyl halides is 6. The van der Waals surface area contributed by atoms with Gasteiger partial charge in [0, 0.05) is 37.1 Å². The van der Waals surface area contributed by atoms with E-state index in [0.717, 1.165) is 25.2 Å². The van der Waals surface area contributed by atoms with Crippen LogP contribution < -0.4 is 10.9 Å². The van der Waals surface area contributed by atoms with E-state index in [0.29, 0.717) is 42.9 Å². The number of anilines is 1. The number of nitrogens with one attached hydrogen (secondary N) is 2. The molecule has 2 saturated heterocycles. The highest BCUT2D eigenvalue weighted by Gasteiger charge is 2.40. The molecule has 4 heterocycles. The van der Waals surface area contributed by atoms with Crippen LogP contribution in [0.25, 0.3) is 10.4 Å². The lowest BCUT2D eigenvalue weighted by atomic mass is 10.1. The Morgan fingerprint density at radius 3 is 2.37 bits per heavy atom. The predicted octanol–water partition coefficient (Wildman–Crippen LogP) is 6.40. The second-order valence-electron chi connectivity index (χ2n) is 9.60. The van der Waals surface area contributed by atoms with Crippen molar-refractivity contribution in [3.05, 3.63) is 28.5 Å². The average Bonchev–Trinajstić information content (AvgIpc) is 3.68. The number of ether oxygens (including phenoxy) is 1. The van der Waals surface area contributed by atoms with Gasteiger partial charge in [-0.3, -0.25) is 9.59 Å². The Kier molecular flexibility index (Phi) is 10.9. The van der Waals surface area contributed by atoms with Crippen molar-refractivity contribution in [2.24, 2.45) is 0 Å². The zero-order valence-electron chi connectivity index (χ0n) is 22.3. The van der Waals surface area contributed by atoms with E-state index >= 15 is 0 Å². The van der Waals surface area contributed by atoms with Crippen LogP contribution in [-0.4, -0.2) is 64.7 Å². The Bertz CT molecular complexity index is 1190. The van der Waals surface area contributed by atoms with Crippen molar-refractivity contribution < 1.29 is 45.1 Å². The largest absolute Gasteiger partial charge is 0.417 e. The number of hydrogen-bond donors (Lipinski definition) is 2. The van der Waals surface area contributed by atoms with Crippen molar-refractivity contribution >= 4 is 29.0 Å². The van der Waals surface area contributed by atoms with Crippen LogP contribution in [0.1, 0.15) is 78.2 Å². The third-order valence-electron chi connectivity index (χ3n) is 6.50. The van der Waals surface area contributed by atoms with E-state index in [-0.39, 0.29) is 12.1 Å². The highest BCUT2D eigenvalue weighted by atomic mass is 32.1. The minimum atomic E-state index is -5.06. The number of nitrogens with zero attached hydrogens (tertiary/aromatic N) is 3. The molecule has 0 spiro atoms. The quantitative estimate of drug-likeness (QED) is 0.277. The highest BCUT2D eigenvalue weighted by molar-refractivity contribution is 7.17. The molecule has 0 aliphatic carbocycles. The number of thiazole rings is 1. The topological polar surface area (TPSA) is 96.5 Å². The molecule has 16 heteroatoms. The molecule has 0 aromatic carbocycles. The van der Waals surface area contributed by atoms with Crippen LogP contribution in [-0.2, 0) is 10.9 Å². The molecule has 0 radical (unpaired) electrons. The van der Waals surface area contributed by atoms with Crippen molar-refractivity contribution in [3.63, 3.8) is 0 Å². The molecule has 2 aromatic rings. The number of carbonyl (C=O) groups is 2. The van der Waals surface area contributed by atoms with E-state index in [4.69, 9.17) is 4.74 Å². The number of rotatable bonds is 7. The van der Waals surface area contributed by atoms with Crippen molar-refractivity contribution in [2.75, 3.05) is 25.1 Å². The number of likely N-dealkylation sites (tertiary alicyclic amines) is 1. The van der Waals surface area contributed by atoms with Crippen LogP contribution in [0.4, 0.5) is 36.6 Å². The van der Waals surface area contributed by atoms with E-state index in [9.17, 15) is 40.4 Å². The third-order valence-corrected chi connectivity index (χ3v) is 7.59. The molecule has 2 atom stereocenters. The first-order chi connectivity index (χ1) is 19.3. The molecule has 4 rings (SSSR count). The van der Waals surface area contributed by atoms with Gasteiger partial charge in [0.25, 0.3) is 5.91 Å². The van der Waals surface area contributed by atoms with Gasteiger partial charge in [0.2, 0.25) is 0 Å². The lowest BCUT2D eigenvalue weighted by Crippen LogP contribution is -2.40. The number of aromatic nitrogens is 2. The summed E-state index contributed by atoms with van der Waals surface area (Å²) in [4.78, 5) is 34.0. The summed E-state index contributed by atoms with van der Waals surface area (Å²) in [6, 6.07) is -0.0710. The fraction of sp³-hybridized carbons (Fsp3) is 0.600. The lowest BCUT2D eigenvalue weighted by Gasteiger charge is -2.28. The summed E-state index contributed by atoms with van der Waals surface area (Å²) in [5, 5.41) is 1.18. The number of hydrogen-bond acceptors (Lipinski definition) is 7. The fourth-order valence-electron chi connectivity index (χ4n) is 4.63. The number of carbonyl (C=O) groups excluding carboxylic acids is 2. The second-order valence-corrected chi connectivity index (χ2v) is 10.6. The van der Waals surface area contributed by atoms with Crippen LogP contribution in [0.2, 0.25) is 0 Å². The summed E-state index contributed by atoms with van der Waals surface area (Å²) in [5.74, 6) is -2.78. The lowest BCUT2D eigenvalue weighted by molar-refractivity contribution is -0.137. The Balaban J connectivity index is 0.000000832. The first-order valence-corrected chi connectivity index (χ1v) is 13.8. The Morgan fingerprint density at radius 1 is 1.15 bits per heavy atom. The summed E-state index contributed by atoms with van der Waals surface area (Å²) in [7, 11) is 0. The molecule has 2 aliphatic heterocycles. The summed E-state index contributed by atoms with van der Waals surface area (Å²) < 4.78 is 97.1. The Labute approximate surface area is 235 Å². The molecule has 2 amide bonds. The minimum Gasteiger partial charge on any atom is -0.381 e. The van der Waals surface area contributed by atoms with Crippen LogP contribution in [0, 0.1) is 0 Å². The van der Waals surface area contributed by atoms with Gasteiger partial charge in [-0.25, -0.2) is 9.97 Å². The monoisotopic (exact) mass is 613 g/mol. The maximum absolute atomic E-state index is 13.9. The maximum Gasteiger partial charge on any atom is 0.417 e. The summed E-state index contributed by atoms with van der Waals surface area (Å²) >= 11 is 0.351. The standard InChI is InChI=1S/C21H22F7N5O2S.C4H8O/c1-3-4-11-6-5-10(2)33(11)19(35)15-16(36-18(31-15)17(34)32-28)12-8-29-14(30-9-20(22,23)24)7-13(12)21(25,26)27;1-2-4-5-3-1/h7-8,10-11H,3-6,9H2,1-2H3,(H,29,30)(H,32,34);1-4H2. The van der Waals surface area contributed by atoms with Crippen LogP contribution >= 0.6 is 11.3 Å². The van der Waals surface area contributed by atoms with Crippen molar-refractivity contribution in [1.29, 1.82) is 0 Å². The van der Waals surface area contributed by atoms with Crippen molar-refractivity contribution in [3.8, 4) is 10.4 Å². The normalized spacial score (nSPS) is 19.1. The van der Waals surface area contributed by atoms with Crippen LogP contribution in [0.3, 0.4) is 0 Å². The average molecular weight is 614 g/mol. The molecule has 2 aromatic heterocycles. The summed E-state index contributed by atoms with van der Waals surface area (Å²) in [6.45, 7) is 4.07. The van der Waals surface area contributed by atoms with E-state index in [1.807, 2.05) is 6.92 Å². The Morgan fingerprint density at radius 2 is 1.83 bits per heavy atom. The molecular weight excluding hydrogens is 583 g/mol. The van der Waals surface area contributed by atoms with Crippen LogP contribution in [0.5, 0.6) is 0 Å². The Hall–Kier alpha value is -3.01. The van der Waals surface area contributed by atoms with Gasteiger partial charge in [0.1, 0.15) is 18.1 Å². The van der Waals surface area contributed by atoms with E-state index in [1.54, 1.807) is 12.2 Å². The number of pyridine rings is 1. The van der Waals surface area contributed by atoms with Crippen molar-refractivity contribution in [2.45, 2.75) is 76.8 Å². The fourth-order valence-corrected chi connectivity index (χ4v) is 5.59. The molecular formula is C25H30F7N5O3S. The molecule has 0 bridgehead atoms. The zero-order chi connectivity index (χ0) is 30.4. The molecule has 2 fully saturated rings. The summed E-state index contributed by atoms with van der Waals surface area (Å²) in [5.41, 5.74) is -1.72. The first kappa shape index (κ1) is 32.5. The van der Waals surface area contributed by atoms with Gasteiger partial charge in [-0.15, -0.1) is 11.3 Å². The second kappa shape index (κ2) is 13.8. The van der Waals surface area contributed by atoms with Gasteiger partial charge in [0.15, 0.2) is 5.01 Å².